The molecule has 106 valence electrons. The fourth-order valence-electron chi connectivity index (χ4n) is 2.42. The molecular formula is C14H16FN3O2. The third kappa shape index (κ3) is 2.86. The van der Waals surface area contributed by atoms with Gasteiger partial charge in [-0.05, 0) is 43.1 Å². The largest absolute Gasteiger partial charge is 0.419 e. The number of halogens is 1. The normalized spacial score (nSPS) is 19.6. The van der Waals surface area contributed by atoms with Crippen molar-refractivity contribution in [1.29, 1.82) is 0 Å². The van der Waals surface area contributed by atoms with Crippen LogP contribution in [-0.2, 0) is 6.54 Å². The molecule has 1 aromatic carbocycles. The minimum absolute atomic E-state index is 0.223. The average molecular weight is 277 g/mol. The molecule has 6 heteroatoms. The molecule has 0 bridgehead atoms. The van der Waals surface area contributed by atoms with Gasteiger partial charge in [0.1, 0.15) is 5.82 Å². The molecule has 5 nitrogen and oxygen atoms in total. The standard InChI is InChI=1S/C14H16FN3O2/c15-12-3-1-11(2-4-12)14-17-16-13(20-14)8-18-6-5-10(7-18)9-19/h1-4,10,19H,5-9H2. The van der Waals surface area contributed by atoms with Crippen molar-refractivity contribution in [3.63, 3.8) is 0 Å². The van der Waals surface area contributed by atoms with Gasteiger partial charge in [-0.2, -0.15) is 0 Å². The summed E-state index contributed by atoms with van der Waals surface area (Å²) in [5.74, 6) is 0.996. The molecule has 2 aromatic rings. The summed E-state index contributed by atoms with van der Waals surface area (Å²) in [6.45, 7) is 2.59. The molecule has 1 unspecified atom stereocenters. The van der Waals surface area contributed by atoms with E-state index in [4.69, 9.17) is 9.52 Å². The molecule has 1 aliphatic heterocycles. The maximum absolute atomic E-state index is 12.9. The second-order valence-electron chi connectivity index (χ2n) is 5.08. The predicted octanol–water partition coefficient (Wildman–Crippen LogP) is 1.69. The van der Waals surface area contributed by atoms with E-state index in [0.717, 1.165) is 19.5 Å². The third-order valence-corrected chi connectivity index (χ3v) is 3.55. The lowest BCUT2D eigenvalue weighted by atomic mass is 10.1. The highest BCUT2D eigenvalue weighted by Gasteiger charge is 2.23. The molecule has 1 fully saturated rings. The molecule has 0 amide bonds. The van der Waals surface area contributed by atoms with Crippen molar-refractivity contribution in [3.8, 4) is 11.5 Å². The van der Waals surface area contributed by atoms with Crippen molar-refractivity contribution >= 4 is 0 Å². The Balaban J connectivity index is 1.66. The molecule has 0 aliphatic carbocycles. The second kappa shape index (κ2) is 5.68. The van der Waals surface area contributed by atoms with E-state index in [-0.39, 0.29) is 12.4 Å². The van der Waals surface area contributed by atoms with Crippen molar-refractivity contribution in [3.05, 3.63) is 36.0 Å². The van der Waals surface area contributed by atoms with E-state index < -0.39 is 0 Å². The van der Waals surface area contributed by atoms with Crippen LogP contribution >= 0.6 is 0 Å². The summed E-state index contributed by atoms with van der Waals surface area (Å²) in [5.41, 5.74) is 0.708. The molecule has 1 atom stereocenters. The van der Waals surface area contributed by atoms with E-state index in [2.05, 4.69) is 15.1 Å². The van der Waals surface area contributed by atoms with Gasteiger partial charge in [-0.3, -0.25) is 4.90 Å². The maximum atomic E-state index is 12.9. The van der Waals surface area contributed by atoms with Crippen LogP contribution in [0.3, 0.4) is 0 Å². The fraction of sp³-hybridized carbons (Fsp3) is 0.429. The van der Waals surface area contributed by atoms with Crippen LogP contribution < -0.4 is 0 Å². The Morgan fingerprint density at radius 2 is 2.10 bits per heavy atom. The zero-order valence-electron chi connectivity index (χ0n) is 11.0. The van der Waals surface area contributed by atoms with Gasteiger partial charge in [0.25, 0.3) is 0 Å². The highest BCUT2D eigenvalue weighted by atomic mass is 19.1. The Morgan fingerprint density at radius 1 is 1.30 bits per heavy atom. The molecule has 0 radical (unpaired) electrons. The van der Waals surface area contributed by atoms with Crippen LogP contribution in [-0.4, -0.2) is 39.9 Å². The third-order valence-electron chi connectivity index (χ3n) is 3.55. The molecule has 0 spiro atoms. The van der Waals surface area contributed by atoms with Gasteiger partial charge in [0.15, 0.2) is 0 Å². The van der Waals surface area contributed by atoms with E-state index in [1.165, 1.54) is 12.1 Å². The van der Waals surface area contributed by atoms with Gasteiger partial charge in [0.2, 0.25) is 11.8 Å². The first-order valence-corrected chi connectivity index (χ1v) is 6.66. The summed E-state index contributed by atoms with van der Waals surface area (Å²) >= 11 is 0. The van der Waals surface area contributed by atoms with Crippen LogP contribution in [0.2, 0.25) is 0 Å². The van der Waals surface area contributed by atoms with Crippen LogP contribution in [0.1, 0.15) is 12.3 Å². The molecule has 20 heavy (non-hydrogen) atoms. The Bertz CT molecular complexity index is 570. The summed E-state index contributed by atoms with van der Waals surface area (Å²) in [5, 5.41) is 17.1. The minimum Gasteiger partial charge on any atom is -0.419 e. The van der Waals surface area contributed by atoms with Gasteiger partial charge >= 0.3 is 0 Å². The smallest absolute Gasteiger partial charge is 0.247 e. The minimum atomic E-state index is -0.291. The summed E-state index contributed by atoms with van der Waals surface area (Å²) in [7, 11) is 0. The van der Waals surface area contributed by atoms with Crippen LogP contribution in [0, 0.1) is 11.7 Å². The zero-order chi connectivity index (χ0) is 13.9. The lowest BCUT2D eigenvalue weighted by Gasteiger charge is -2.12. The SMILES string of the molecule is OCC1CCN(Cc2nnc(-c3ccc(F)cc3)o2)C1. The fourth-order valence-corrected chi connectivity index (χ4v) is 2.42. The van der Waals surface area contributed by atoms with Crippen molar-refractivity contribution in [2.24, 2.45) is 5.92 Å². The molecule has 1 N–H and O–H groups in total. The van der Waals surface area contributed by atoms with E-state index in [1.807, 2.05) is 0 Å². The van der Waals surface area contributed by atoms with Gasteiger partial charge in [-0.15, -0.1) is 10.2 Å². The van der Waals surface area contributed by atoms with Crippen LogP contribution in [0.4, 0.5) is 4.39 Å². The van der Waals surface area contributed by atoms with E-state index >= 15 is 0 Å². The number of benzene rings is 1. The first-order valence-electron chi connectivity index (χ1n) is 6.66. The highest BCUT2D eigenvalue weighted by Crippen LogP contribution is 2.21. The number of nitrogens with zero attached hydrogens (tertiary/aromatic N) is 3. The first kappa shape index (κ1) is 13.2. The van der Waals surface area contributed by atoms with E-state index in [1.54, 1.807) is 12.1 Å². The van der Waals surface area contributed by atoms with Crippen LogP contribution in [0.5, 0.6) is 0 Å². The zero-order valence-corrected chi connectivity index (χ0v) is 11.0. The van der Waals surface area contributed by atoms with E-state index in [0.29, 0.717) is 29.8 Å². The average Bonchev–Trinajstić information content (AvgIpc) is 3.09. The van der Waals surface area contributed by atoms with Crippen molar-refractivity contribution in [2.75, 3.05) is 19.7 Å². The highest BCUT2D eigenvalue weighted by molar-refractivity contribution is 5.51. The molecule has 0 saturated carbocycles. The number of rotatable bonds is 4. The monoisotopic (exact) mass is 277 g/mol. The second-order valence-corrected chi connectivity index (χ2v) is 5.08. The molecule has 2 heterocycles. The first-order chi connectivity index (χ1) is 9.74. The Labute approximate surface area is 116 Å². The lowest BCUT2D eigenvalue weighted by molar-refractivity contribution is 0.215. The van der Waals surface area contributed by atoms with Gasteiger partial charge in [0.05, 0.1) is 6.54 Å². The number of likely N-dealkylation sites (tertiary alicyclic amines) is 1. The molecule has 1 aliphatic rings. The number of hydrogen-bond donors (Lipinski definition) is 1. The number of aliphatic hydroxyl groups excluding tert-OH is 1. The van der Waals surface area contributed by atoms with Gasteiger partial charge in [-0.25, -0.2) is 4.39 Å². The molecular weight excluding hydrogens is 261 g/mol. The van der Waals surface area contributed by atoms with E-state index in [9.17, 15) is 4.39 Å². The Kier molecular flexibility index (Phi) is 3.75. The van der Waals surface area contributed by atoms with Crippen molar-refractivity contribution < 1.29 is 13.9 Å². The number of hydrogen-bond acceptors (Lipinski definition) is 5. The summed E-state index contributed by atoms with van der Waals surface area (Å²) in [6, 6.07) is 5.96. The van der Waals surface area contributed by atoms with Crippen molar-refractivity contribution in [1.82, 2.24) is 15.1 Å². The number of aromatic nitrogens is 2. The molecule has 1 aromatic heterocycles. The molecule has 1 saturated heterocycles. The molecule has 3 rings (SSSR count). The summed E-state index contributed by atoms with van der Waals surface area (Å²) in [6.07, 6.45) is 0.995. The van der Waals surface area contributed by atoms with Crippen LogP contribution in [0.15, 0.2) is 28.7 Å². The Morgan fingerprint density at radius 3 is 2.80 bits per heavy atom. The number of aliphatic hydroxyl groups is 1. The van der Waals surface area contributed by atoms with Gasteiger partial charge in [0, 0.05) is 18.7 Å². The summed E-state index contributed by atoms with van der Waals surface area (Å²) in [4.78, 5) is 2.18. The quantitative estimate of drug-likeness (QED) is 0.921. The topological polar surface area (TPSA) is 62.4 Å². The van der Waals surface area contributed by atoms with Gasteiger partial charge < -0.3 is 9.52 Å². The van der Waals surface area contributed by atoms with Crippen molar-refractivity contribution in [2.45, 2.75) is 13.0 Å². The predicted molar refractivity (Wildman–Crippen MR) is 70.2 cm³/mol. The summed E-state index contributed by atoms with van der Waals surface area (Å²) < 4.78 is 18.4. The van der Waals surface area contributed by atoms with Gasteiger partial charge in [-0.1, -0.05) is 0 Å². The Hall–Kier alpha value is -1.79. The lowest BCUT2D eigenvalue weighted by Crippen LogP contribution is -2.21. The maximum Gasteiger partial charge on any atom is 0.247 e. The van der Waals surface area contributed by atoms with Crippen LogP contribution in [0.25, 0.3) is 11.5 Å².